The van der Waals surface area contributed by atoms with Crippen molar-refractivity contribution < 1.29 is 9.53 Å². The molecule has 3 heterocycles. The van der Waals surface area contributed by atoms with Gasteiger partial charge in [0.1, 0.15) is 11.3 Å². The fourth-order valence-corrected chi connectivity index (χ4v) is 5.35. The third-order valence-corrected chi connectivity index (χ3v) is 7.32. The minimum Gasteiger partial charge on any atom is -0.494 e. The molecule has 1 aliphatic heterocycles. The van der Waals surface area contributed by atoms with Crippen molar-refractivity contribution in [3.05, 3.63) is 48.0 Å². The van der Waals surface area contributed by atoms with Crippen LogP contribution < -0.4 is 10.5 Å². The minimum atomic E-state index is -0.00889. The topological polar surface area (TPSA) is 78.3 Å². The van der Waals surface area contributed by atoms with Gasteiger partial charge in [0.05, 0.1) is 18.3 Å². The first kappa shape index (κ1) is 21.2. The van der Waals surface area contributed by atoms with Crippen LogP contribution in [0.3, 0.4) is 0 Å². The average molecular weight is 458 g/mol. The van der Waals surface area contributed by atoms with Crippen molar-refractivity contribution in [2.45, 2.75) is 38.3 Å². The van der Waals surface area contributed by atoms with Gasteiger partial charge < -0.3 is 24.5 Å². The van der Waals surface area contributed by atoms with Gasteiger partial charge in [0.25, 0.3) is 5.91 Å². The lowest BCUT2D eigenvalue weighted by molar-refractivity contribution is 0.0708. The lowest BCUT2D eigenvalue weighted by atomic mass is 10.0. The van der Waals surface area contributed by atoms with Crippen molar-refractivity contribution >= 4 is 27.8 Å². The minimum absolute atomic E-state index is 0.00889. The predicted molar refractivity (Wildman–Crippen MR) is 134 cm³/mol. The van der Waals surface area contributed by atoms with Gasteiger partial charge in [0.2, 0.25) is 0 Å². The van der Waals surface area contributed by atoms with Crippen LogP contribution in [0.5, 0.6) is 5.75 Å². The number of imidazole rings is 1. The standard InChI is InChI=1S/C27H31N5O2/c1-30-25-21(12-19(14-24(25)34-2)27(33)31-11-5-7-20(28)16-31)29-26(30)23-13-18-6-3-4-8-22(18)32(23)15-17-9-10-17/h3-4,6,8,12-14,17,20H,5,7,9-11,15-16,28H2,1-2H3. The number of aromatic nitrogens is 3. The Bertz CT molecular complexity index is 1400. The fraction of sp³-hybridized carbons (Fsp3) is 0.407. The number of methoxy groups -OCH3 is 1. The number of hydrogen-bond acceptors (Lipinski definition) is 4. The van der Waals surface area contributed by atoms with E-state index >= 15 is 0 Å². The largest absolute Gasteiger partial charge is 0.494 e. The Labute approximate surface area is 199 Å². The summed E-state index contributed by atoms with van der Waals surface area (Å²) in [7, 11) is 3.67. The summed E-state index contributed by atoms with van der Waals surface area (Å²) in [5, 5.41) is 1.22. The molecule has 176 valence electrons. The van der Waals surface area contributed by atoms with E-state index in [2.05, 4.69) is 39.5 Å². The highest BCUT2D eigenvalue weighted by Gasteiger charge is 2.27. The highest BCUT2D eigenvalue weighted by atomic mass is 16.5. The van der Waals surface area contributed by atoms with E-state index in [0.717, 1.165) is 54.4 Å². The van der Waals surface area contributed by atoms with Gasteiger partial charge in [-0.1, -0.05) is 18.2 Å². The van der Waals surface area contributed by atoms with Gasteiger partial charge in [-0.05, 0) is 55.9 Å². The number of hydrogen-bond donors (Lipinski definition) is 1. The van der Waals surface area contributed by atoms with E-state index in [-0.39, 0.29) is 11.9 Å². The summed E-state index contributed by atoms with van der Waals surface area (Å²) in [6, 6.07) is 14.5. The smallest absolute Gasteiger partial charge is 0.254 e. The van der Waals surface area contributed by atoms with Crippen LogP contribution in [0.25, 0.3) is 33.5 Å². The number of amides is 1. The molecular weight excluding hydrogens is 426 g/mol. The zero-order valence-electron chi connectivity index (χ0n) is 19.8. The number of rotatable bonds is 5. The number of fused-ring (bicyclic) bond motifs is 2. The van der Waals surface area contributed by atoms with Crippen LogP contribution in [-0.2, 0) is 13.6 Å². The molecule has 1 saturated carbocycles. The van der Waals surface area contributed by atoms with Crippen molar-refractivity contribution in [2.24, 2.45) is 18.7 Å². The zero-order valence-corrected chi connectivity index (χ0v) is 19.8. The maximum absolute atomic E-state index is 13.3. The summed E-state index contributed by atoms with van der Waals surface area (Å²) in [5.41, 5.74) is 10.7. The normalized spacial score (nSPS) is 18.7. The Kier molecular flexibility index (Phi) is 5.10. The molecule has 2 aromatic carbocycles. The fourth-order valence-electron chi connectivity index (χ4n) is 5.35. The second-order valence-corrected chi connectivity index (χ2v) is 9.84. The van der Waals surface area contributed by atoms with Gasteiger partial charge in [-0.15, -0.1) is 0 Å². The van der Waals surface area contributed by atoms with E-state index < -0.39 is 0 Å². The Morgan fingerprint density at radius 3 is 2.76 bits per heavy atom. The predicted octanol–water partition coefficient (Wildman–Crippen LogP) is 4.18. The van der Waals surface area contributed by atoms with Crippen molar-refractivity contribution in [3.8, 4) is 17.3 Å². The van der Waals surface area contributed by atoms with E-state index in [4.69, 9.17) is 15.5 Å². The van der Waals surface area contributed by atoms with Crippen LogP contribution >= 0.6 is 0 Å². The summed E-state index contributed by atoms with van der Waals surface area (Å²) in [6.45, 7) is 2.33. The molecule has 1 amide bonds. The van der Waals surface area contributed by atoms with Crippen LogP contribution in [0.2, 0.25) is 0 Å². The molecule has 1 saturated heterocycles. The number of piperidine rings is 1. The van der Waals surface area contributed by atoms with Crippen LogP contribution in [0.4, 0.5) is 0 Å². The summed E-state index contributed by atoms with van der Waals surface area (Å²) in [4.78, 5) is 20.2. The number of nitrogens with two attached hydrogens (primary N) is 1. The lowest BCUT2D eigenvalue weighted by Gasteiger charge is -2.30. The third-order valence-electron chi connectivity index (χ3n) is 7.32. The van der Waals surface area contributed by atoms with Gasteiger partial charge in [0, 0.05) is 49.2 Å². The van der Waals surface area contributed by atoms with E-state index in [1.54, 1.807) is 7.11 Å². The first-order valence-corrected chi connectivity index (χ1v) is 12.2. The molecular formula is C27H31N5O2. The number of ether oxygens (including phenoxy) is 1. The quantitative estimate of drug-likeness (QED) is 0.488. The van der Waals surface area contributed by atoms with Crippen molar-refractivity contribution in [1.29, 1.82) is 0 Å². The van der Waals surface area contributed by atoms with Gasteiger partial charge >= 0.3 is 0 Å². The van der Waals surface area contributed by atoms with E-state index in [1.807, 2.05) is 24.1 Å². The van der Waals surface area contributed by atoms with Crippen molar-refractivity contribution in [3.63, 3.8) is 0 Å². The molecule has 2 fully saturated rings. The van der Waals surface area contributed by atoms with E-state index in [0.29, 0.717) is 17.9 Å². The molecule has 2 aliphatic rings. The second kappa shape index (κ2) is 8.17. The first-order valence-electron chi connectivity index (χ1n) is 12.2. The van der Waals surface area contributed by atoms with E-state index in [9.17, 15) is 4.79 Å². The van der Waals surface area contributed by atoms with Crippen LogP contribution in [0, 0.1) is 5.92 Å². The highest BCUT2D eigenvalue weighted by Crippen LogP contribution is 2.37. The average Bonchev–Trinajstić information content (AvgIpc) is 3.52. The van der Waals surface area contributed by atoms with Gasteiger partial charge in [-0.25, -0.2) is 4.98 Å². The molecule has 6 rings (SSSR count). The monoisotopic (exact) mass is 457 g/mol. The zero-order chi connectivity index (χ0) is 23.4. The van der Waals surface area contributed by atoms with Crippen LogP contribution in [0.15, 0.2) is 42.5 Å². The maximum atomic E-state index is 13.3. The molecule has 7 nitrogen and oxygen atoms in total. The Balaban J connectivity index is 1.47. The molecule has 0 bridgehead atoms. The summed E-state index contributed by atoms with van der Waals surface area (Å²) in [6.07, 6.45) is 4.47. The first-order chi connectivity index (χ1) is 16.5. The number of benzene rings is 2. The van der Waals surface area contributed by atoms with Crippen molar-refractivity contribution in [2.75, 3.05) is 20.2 Å². The number of carbonyl (C=O) groups excluding carboxylic acids is 1. The van der Waals surface area contributed by atoms with Crippen molar-refractivity contribution in [1.82, 2.24) is 19.0 Å². The third kappa shape index (κ3) is 3.55. The Morgan fingerprint density at radius 2 is 2.00 bits per heavy atom. The van der Waals surface area contributed by atoms with Gasteiger partial charge in [-0.2, -0.15) is 0 Å². The van der Waals surface area contributed by atoms with Crippen LogP contribution in [0.1, 0.15) is 36.0 Å². The highest BCUT2D eigenvalue weighted by molar-refractivity contribution is 6.00. The molecule has 2 aromatic heterocycles. The molecule has 0 radical (unpaired) electrons. The number of carbonyl (C=O) groups is 1. The number of likely N-dealkylation sites (tertiary alicyclic amines) is 1. The van der Waals surface area contributed by atoms with E-state index in [1.165, 1.54) is 23.7 Å². The van der Waals surface area contributed by atoms with Gasteiger partial charge in [-0.3, -0.25) is 4.79 Å². The number of para-hydroxylation sites is 1. The molecule has 0 spiro atoms. The molecule has 1 unspecified atom stereocenters. The SMILES string of the molecule is COc1cc(C(=O)N2CCCC(N)C2)cc2nc(-c3cc4ccccc4n3CC3CC3)n(C)c12. The number of nitrogens with zero attached hydrogens (tertiary/aromatic N) is 4. The number of aryl methyl sites for hydroxylation is 1. The summed E-state index contributed by atoms with van der Waals surface area (Å²) in [5.74, 6) is 2.27. The molecule has 4 aromatic rings. The Morgan fingerprint density at radius 1 is 1.18 bits per heavy atom. The maximum Gasteiger partial charge on any atom is 0.254 e. The molecule has 1 atom stereocenters. The molecule has 34 heavy (non-hydrogen) atoms. The second-order valence-electron chi connectivity index (χ2n) is 9.84. The molecule has 2 N–H and O–H groups in total. The van der Waals surface area contributed by atoms with Crippen LogP contribution in [-0.4, -0.2) is 51.2 Å². The summed E-state index contributed by atoms with van der Waals surface area (Å²) >= 11 is 0. The lowest BCUT2D eigenvalue weighted by Crippen LogP contribution is -2.45. The Hall–Kier alpha value is -3.32. The molecule has 7 heteroatoms. The van der Waals surface area contributed by atoms with Gasteiger partial charge in [0.15, 0.2) is 5.82 Å². The summed E-state index contributed by atoms with van der Waals surface area (Å²) < 4.78 is 10.3. The molecule has 1 aliphatic carbocycles.